The molecule has 140 valence electrons. The van der Waals surface area contributed by atoms with Crippen molar-refractivity contribution in [2.24, 2.45) is 0 Å². The van der Waals surface area contributed by atoms with Crippen LogP contribution >= 0.6 is 0 Å². The van der Waals surface area contributed by atoms with Gasteiger partial charge in [0.05, 0.1) is 11.5 Å². The predicted octanol–water partition coefficient (Wildman–Crippen LogP) is 3.36. The van der Waals surface area contributed by atoms with Gasteiger partial charge in [0.1, 0.15) is 5.82 Å². The Kier molecular flexibility index (Phi) is 5.46. The number of hydrogen-bond acceptors (Lipinski definition) is 6. The average Bonchev–Trinajstić information content (AvgIpc) is 2.96. The van der Waals surface area contributed by atoms with Crippen molar-refractivity contribution >= 4 is 27.3 Å². The molecule has 6 nitrogen and oxygen atoms in total. The van der Waals surface area contributed by atoms with Crippen molar-refractivity contribution in [3.63, 3.8) is 0 Å². The molecule has 1 aromatic heterocycles. The van der Waals surface area contributed by atoms with Crippen molar-refractivity contribution in [3.8, 4) is 0 Å². The van der Waals surface area contributed by atoms with E-state index < -0.39 is 9.84 Å². The van der Waals surface area contributed by atoms with E-state index in [0.29, 0.717) is 24.8 Å². The van der Waals surface area contributed by atoms with E-state index in [9.17, 15) is 8.42 Å². The third kappa shape index (κ3) is 4.33. The summed E-state index contributed by atoms with van der Waals surface area (Å²) in [5.41, 5.74) is 2.21. The average molecular weight is 375 g/mol. The van der Waals surface area contributed by atoms with Gasteiger partial charge in [0.2, 0.25) is 5.95 Å². The number of sulfone groups is 1. The van der Waals surface area contributed by atoms with E-state index >= 15 is 0 Å². The number of aromatic nitrogens is 2. The van der Waals surface area contributed by atoms with E-state index in [1.54, 1.807) is 6.20 Å². The van der Waals surface area contributed by atoms with Crippen LogP contribution in [-0.4, -0.2) is 42.5 Å². The number of rotatable bonds is 6. The lowest BCUT2D eigenvalue weighted by molar-refractivity contribution is 0.599. The molecule has 1 unspecified atom stereocenters. The van der Waals surface area contributed by atoms with Gasteiger partial charge in [-0.2, -0.15) is 4.98 Å². The maximum Gasteiger partial charge on any atom is 0.229 e. The smallest absolute Gasteiger partial charge is 0.229 e. The highest BCUT2D eigenvalue weighted by Crippen LogP contribution is 2.24. The van der Waals surface area contributed by atoms with Crippen molar-refractivity contribution in [2.45, 2.75) is 39.2 Å². The van der Waals surface area contributed by atoms with Crippen LogP contribution < -0.4 is 10.2 Å². The molecule has 1 saturated heterocycles. The van der Waals surface area contributed by atoms with Crippen LogP contribution in [0.15, 0.2) is 36.5 Å². The molecule has 1 aliphatic heterocycles. The van der Waals surface area contributed by atoms with Crippen LogP contribution in [0.5, 0.6) is 0 Å². The fourth-order valence-corrected chi connectivity index (χ4v) is 5.01. The fourth-order valence-electron chi connectivity index (χ4n) is 3.28. The fraction of sp³-hybridized carbons (Fsp3) is 0.474. The quantitative estimate of drug-likeness (QED) is 0.836. The van der Waals surface area contributed by atoms with E-state index in [1.165, 1.54) is 5.56 Å². The molecule has 1 fully saturated rings. The Morgan fingerprint density at radius 1 is 1.23 bits per heavy atom. The number of hydrogen-bond donors (Lipinski definition) is 1. The molecule has 0 amide bonds. The summed E-state index contributed by atoms with van der Waals surface area (Å²) in [5, 5.41) is 3.23. The van der Waals surface area contributed by atoms with Crippen molar-refractivity contribution in [1.82, 2.24) is 9.97 Å². The summed E-state index contributed by atoms with van der Waals surface area (Å²) in [7, 11) is -2.93. The van der Waals surface area contributed by atoms with Crippen LogP contribution in [0, 0.1) is 0 Å². The molecule has 1 aliphatic rings. The van der Waals surface area contributed by atoms with E-state index in [2.05, 4.69) is 46.2 Å². The minimum absolute atomic E-state index is 0.0157. The monoisotopic (exact) mass is 374 g/mol. The van der Waals surface area contributed by atoms with Crippen LogP contribution in [0.1, 0.15) is 38.7 Å². The Bertz CT molecular complexity index is 850. The number of nitrogens with zero attached hydrogens (tertiary/aromatic N) is 3. The van der Waals surface area contributed by atoms with E-state index in [0.717, 1.165) is 11.5 Å². The molecule has 1 aromatic carbocycles. The lowest BCUT2D eigenvalue weighted by atomic mass is 10.0. The molecule has 0 aliphatic carbocycles. The third-order valence-corrected chi connectivity index (χ3v) is 6.51. The molecule has 2 aromatic rings. The van der Waals surface area contributed by atoms with Crippen molar-refractivity contribution in [1.29, 1.82) is 0 Å². The summed E-state index contributed by atoms with van der Waals surface area (Å²) < 4.78 is 23.6. The Morgan fingerprint density at radius 2 is 1.96 bits per heavy atom. The second kappa shape index (κ2) is 7.61. The molecule has 26 heavy (non-hydrogen) atoms. The zero-order chi connectivity index (χ0) is 18.7. The first-order valence-electron chi connectivity index (χ1n) is 9.05. The highest BCUT2D eigenvalue weighted by molar-refractivity contribution is 7.91. The lowest BCUT2D eigenvalue weighted by Crippen LogP contribution is -2.36. The van der Waals surface area contributed by atoms with Gasteiger partial charge in [-0.25, -0.2) is 13.4 Å². The molecule has 1 atom stereocenters. The van der Waals surface area contributed by atoms with E-state index in [-0.39, 0.29) is 17.5 Å². The largest absolute Gasteiger partial charge is 0.353 e. The highest BCUT2D eigenvalue weighted by atomic mass is 32.2. The van der Waals surface area contributed by atoms with E-state index in [4.69, 9.17) is 0 Å². The Hall–Kier alpha value is -2.15. The standard InChI is InChI=1S/C19H26N4O2S/c1-4-23(17-10-12-26(24,25)13-17)18-9-11-20-19(22-18)21-16-7-5-15(6-8-16)14(2)3/h5-9,11,14,17H,4,10,12-13H2,1-3H3,(H,20,21,22). The zero-order valence-electron chi connectivity index (χ0n) is 15.5. The first-order valence-corrected chi connectivity index (χ1v) is 10.9. The molecule has 1 N–H and O–H groups in total. The molecule has 7 heteroatoms. The van der Waals surface area contributed by atoms with Crippen molar-refractivity contribution in [2.75, 3.05) is 28.3 Å². The summed E-state index contributed by atoms with van der Waals surface area (Å²) in [6, 6.07) is 10.1. The minimum atomic E-state index is -2.93. The van der Waals surface area contributed by atoms with Gasteiger partial charge in [0, 0.05) is 24.5 Å². The van der Waals surface area contributed by atoms with Gasteiger partial charge in [0.15, 0.2) is 9.84 Å². The zero-order valence-corrected chi connectivity index (χ0v) is 16.3. The summed E-state index contributed by atoms with van der Waals surface area (Å²) >= 11 is 0. The number of nitrogens with one attached hydrogen (secondary N) is 1. The lowest BCUT2D eigenvalue weighted by Gasteiger charge is -2.28. The molecule has 0 bridgehead atoms. The van der Waals surface area contributed by atoms with Gasteiger partial charge in [-0.15, -0.1) is 0 Å². The van der Waals surface area contributed by atoms with Crippen LogP contribution in [0.3, 0.4) is 0 Å². The van der Waals surface area contributed by atoms with Crippen LogP contribution in [0.2, 0.25) is 0 Å². The van der Waals surface area contributed by atoms with Gasteiger partial charge in [-0.1, -0.05) is 26.0 Å². The molecule has 0 saturated carbocycles. The first kappa shape index (κ1) is 18.6. The van der Waals surface area contributed by atoms with Crippen LogP contribution in [-0.2, 0) is 9.84 Å². The minimum Gasteiger partial charge on any atom is -0.353 e. The van der Waals surface area contributed by atoms with Gasteiger partial charge < -0.3 is 10.2 Å². The Labute approximate surface area is 155 Å². The predicted molar refractivity (Wildman–Crippen MR) is 106 cm³/mol. The summed E-state index contributed by atoms with van der Waals surface area (Å²) in [6.07, 6.45) is 2.36. The van der Waals surface area contributed by atoms with Gasteiger partial charge in [-0.3, -0.25) is 0 Å². The SMILES string of the molecule is CCN(c1ccnc(Nc2ccc(C(C)C)cc2)n1)C1CCS(=O)(=O)C1. The maximum atomic E-state index is 11.8. The third-order valence-electron chi connectivity index (χ3n) is 4.76. The number of benzene rings is 1. The second-order valence-electron chi connectivity index (χ2n) is 6.98. The molecule has 0 spiro atoms. The van der Waals surface area contributed by atoms with Crippen LogP contribution in [0.4, 0.5) is 17.5 Å². The Balaban J connectivity index is 1.76. The summed E-state index contributed by atoms with van der Waals surface area (Å²) in [5.74, 6) is 2.21. The normalized spacial score (nSPS) is 18.8. The molecular weight excluding hydrogens is 348 g/mol. The molecule has 0 radical (unpaired) electrons. The van der Waals surface area contributed by atoms with Gasteiger partial charge in [0.25, 0.3) is 0 Å². The highest BCUT2D eigenvalue weighted by Gasteiger charge is 2.32. The summed E-state index contributed by atoms with van der Waals surface area (Å²) in [4.78, 5) is 10.9. The van der Waals surface area contributed by atoms with Crippen LogP contribution in [0.25, 0.3) is 0 Å². The second-order valence-corrected chi connectivity index (χ2v) is 9.21. The van der Waals surface area contributed by atoms with E-state index in [1.807, 2.05) is 25.1 Å². The summed E-state index contributed by atoms with van der Waals surface area (Å²) in [6.45, 7) is 7.06. The maximum absolute atomic E-state index is 11.8. The topological polar surface area (TPSA) is 75.2 Å². The molecule has 3 rings (SSSR count). The van der Waals surface area contributed by atoms with Gasteiger partial charge >= 0.3 is 0 Å². The van der Waals surface area contributed by atoms with Crippen molar-refractivity contribution < 1.29 is 8.42 Å². The van der Waals surface area contributed by atoms with Gasteiger partial charge in [-0.05, 0) is 43.0 Å². The first-order chi connectivity index (χ1) is 12.4. The van der Waals surface area contributed by atoms with Crippen molar-refractivity contribution in [3.05, 3.63) is 42.1 Å². The Morgan fingerprint density at radius 3 is 2.54 bits per heavy atom. The number of anilines is 3. The molecule has 2 heterocycles. The molecular formula is C19H26N4O2S.